The van der Waals surface area contributed by atoms with Crippen molar-refractivity contribution in [2.75, 3.05) is 16.8 Å². The number of carbonyl (C=O) groups is 2. The van der Waals surface area contributed by atoms with E-state index in [9.17, 15) is 9.59 Å². The van der Waals surface area contributed by atoms with Crippen LogP contribution in [0.25, 0.3) is 0 Å². The highest BCUT2D eigenvalue weighted by Crippen LogP contribution is 2.22. The average molecular weight is 344 g/mol. The molecule has 3 rings (SSSR count). The van der Waals surface area contributed by atoms with Crippen LogP contribution in [0.1, 0.15) is 12.0 Å². The number of nitrogens with zero attached hydrogens (tertiary/aromatic N) is 1. The second-order valence-electron chi connectivity index (χ2n) is 5.80. The molecule has 1 aliphatic rings. The largest absolute Gasteiger partial charge is 0.333 e. The summed E-state index contributed by atoms with van der Waals surface area (Å²) in [5, 5.41) is 6.17. The fraction of sp³-hybridized carbons (Fsp3) is 0.222. The number of anilines is 2. The molecule has 1 fully saturated rings. The number of benzene rings is 2. The fourth-order valence-corrected chi connectivity index (χ4v) is 2.87. The molecule has 124 valence electrons. The van der Waals surface area contributed by atoms with Crippen LogP contribution in [-0.2, 0) is 4.79 Å². The van der Waals surface area contributed by atoms with E-state index in [1.807, 2.05) is 43.3 Å². The molecule has 2 N–H and O–H groups in total. The van der Waals surface area contributed by atoms with Gasteiger partial charge in [-0.15, -0.1) is 0 Å². The van der Waals surface area contributed by atoms with Crippen LogP contribution < -0.4 is 15.5 Å². The minimum absolute atomic E-state index is 0.00452. The van der Waals surface area contributed by atoms with Crippen LogP contribution in [-0.4, -0.2) is 24.5 Å². The molecule has 0 bridgehead atoms. The summed E-state index contributed by atoms with van der Waals surface area (Å²) in [5.41, 5.74) is 2.41. The summed E-state index contributed by atoms with van der Waals surface area (Å²) in [6.07, 6.45) is 0.289. The van der Waals surface area contributed by atoms with E-state index in [0.717, 1.165) is 11.3 Å². The summed E-state index contributed by atoms with van der Waals surface area (Å²) < 4.78 is 0. The van der Waals surface area contributed by atoms with Crippen molar-refractivity contribution in [1.82, 2.24) is 5.32 Å². The van der Waals surface area contributed by atoms with Gasteiger partial charge in [0.25, 0.3) is 0 Å². The molecule has 24 heavy (non-hydrogen) atoms. The average Bonchev–Trinajstić information content (AvgIpc) is 2.92. The normalized spacial score (nSPS) is 17.0. The standard InChI is InChI=1S/C18H18ClN3O2/c1-12-7-8-13(9-16(12)19)20-18(24)21-14-10-17(23)22(11-14)15-5-3-2-4-6-15/h2-9,14H,10-11H2,1H3,(H2,20,21,24)/t14-/m0/s1. The molecule has 2 aromatic carbocycles. The van der Waals surface area contributed by atoms with Gasteiger partial charge in [0.15, 0.2) is 0 Å². The zero-order chi connectivity index (χ0) is 17.1. The van der Waals surface area contributed by atoms with Gasteiger partial charge in [0.1, 0.15) is 0 Å². The molecule has 0 unspecified atom stereocenters. The van der Waals surface area contributed by atoms with Crippen LogP contribution in [0.4, 0.5) is 16.2 Å². The van der Waals surface area contributed by atoms with Crippen LogP contribution in [0.2, 0.25) is 5.02 Å². The molecule has 1 atom stereocenters. The van der Waals surface area contributed by atoms with Crippen LogP contribution in [0, 0.1) is 6.92 Å². The van der Waals surface area contributed by atoms with E-state index in [-0.39, 0.29) is 24.4 Å². The molecule has 1 aliphatic heterocycles. The molecule has 0 aromatic heterocycles. The molecule has 6 heteroatoms. The molecule has 0 spiro atoms. The van der Waals surface area contributed by atoms with Gasteiger partial charge in [0.05, 0.1) is 6.04 Å². The van der Waals surface area contributed by atoms with Crippen LogP contribution >= 0.6 is 11.6 Å². The van der Waals surface area contributed by atoms with E-state index in [1.54, 1.807) is 17.0 Å². The van der Waals surface area contributed by atoms with Crippen LogP contribution in [0.15, 0.2) is 48.5 Å². The number of carbonyl (C=O) groups excluding carboxylic acids is 2. The Hall–Kier alpha value is -2.53. The Morgan fingerprint density at radius 2 is 1.96 bits per heavy atom. The molecule has 1 saturated heterocycles. The van der Waals surface area contributed by atoms with Crippen molar-refractivity contribution in [2.24, 2.45) is 0 Å². The first-order valence-electron chi connectivity index (χ1n) is 7.72. The second-order valence-corrected chi connectivity index (χ2v) is 6.21. The van der Waals surface area contributed by atoms with Gasteiger partial charge in [0.2, 0.25) is 5.91 Å². The Bertz CT molecular complexity index is 764. The number of halogens is 1. The van der Waals surface area contributed by atoms with Gasteiger partial charge >= 0.3 is 6.03 Å². The van der Waals surface area contributed by atoms with Crippen molar-refractivity contribution in [3.8, 4) is 0 Å². The lowest BCUT2D eigenvalue weighted by Gasteiger charge is -2.17. The van der Waals surface area contributed by atoms with Gasteiger partial charge in [0, 0.05) is 29.4 Å². The first-order chi connectivity index (χ1) is 11.5. The predicted molar refractivity (Wildman–Crippen MR) is 95.5 cm³/mol. The van der Waals surface area contributed by atoms with Gasteiger partial charge in [-0.1, -0.05) is 35.9 Å². The lowest BCUT2D eigenvalue weighted by Crippen LogP contribution is -2.39. The maximum atomic E-state index is 12.1. The Kier molecular flexibility index (Phi) is 4.71. The summed E-state index contributed by atoms with van der Waals surface area (Å²) in [6.45, 7) is 2.36. The number of urea groups is 1. The van der Waals surface area contributed by atoms with Gasteiger partial charge in [-0.05, 0) is 36.8 Å². The summed E-state index contributed by atoms with van der Waals surface area (Å²) in [5.74, 6) is 0.00452. The lowest BCUT2D eigenvalue weighted by molar-refractivity contribution is -0.117. The molecule has 1 heterocycles. The number of amides is 3. The molecule has 3 amide bonds. The minimum atomic E-state index is -0.345. The number of rotatable bonds is 3. The zero-order valence-electron chi connectivity index (χ0n) is 13.3. The predicted octanol–water partition coefficient (Wildman–Crippen LogP) is 3.58. The number of para-hydroxylation sites is 1. The highest BCUT2D eigenvalue weighted by molar-refractivity contribution is 6.31. The van der Waals surface area contributed by atoms with E-state index in [4.69, 9.17) is 11.6 Å². The third-order valence-electron chi connectivity index (χ3n) is 3.96. The molecule has 0 aliphatic carbocycles. The second kappa shape index (κ2) is 6.93. The minimum Gasteiger partial charge on any atom is -0.333 e. The molecular formula is C18H18ClN3O2. The first-order valence-corrected chi connectivity index (χ1v) is 8.10. The van der Waals surface area contributed by atoms with Crippen molar-refractivity contribution >= 4 is 34.9 Å². The Balaban J connectivity index is 1.59. The van der Waals surface area contributed by atoms with Crippen molar-refractivity contribution in [3.05, 3.63) is 59.1 Å². The van der Waals surface area contributed by atoms with Crippen molar-refractivity contribution in [2.45, 2.75) is 19.4 Å². The lowest BCUT2D eigenvalue weighted by atomic mass is 10.2. The van der Waals surface area contributed by atoms with Gasteiger partial charge in [-0.25, -0.2) is 4.79 Å². The molecule has 0 saturated carbocycles. The number of hydrogen-bond donors (Lipinski definition) is 2. The molecular weight excluding hydrogens is 326 g/mol. The maximum absolute atomic E-state index is 12.1. The van der Waals surface area contributed by atoms with E-state index >= 15 is 0 Å². The number of aryl methyl sites for hydroxylation is 1. The molecule has 0 radical (unpaired) electrons. The van der Waals surface area contributed by atoms with Gasteiger partial charge in [-0.2, -0.15) is 0 Å². The summed E-state index contributed by atoms with van der Waals surface area (Å²) in [6, 6.07) is 14.2. The molecule has 2 aromatic rings. The van der Waals surface area contributed by atoms with Crippen molar-refractivity contribution < 1.29 is 9.59 Å². The fourth-order valence-electron chi connectivity index (χ4n) is 2.68. The van der Waals surface area contributed by atoms with E-state index < -0.39 is 0 Å². The third kappa shape index (κ3) is 3.68. The highest BCUT2D eigenvalue weighted by atomic mass is 35.5. The summed E-state index contributed by atoms with van der Waals surface area (Å²) in [4.78, 5) is 26.0. The third-order valence-corrected chi connectivity index (χ3v) is 4.37. The van der Waals surface area contributed by atoms with Crippen LogP contribution in [0.5, 0.6) is 0 Å². The molecule has 5 nitrogen and oxygen atoms in total. The van der Waals surface area contributed by atoms with Crippen LogP contribution in [0.3, 0.4) is 0 Å². The highest BCUT2D eigenvalue weighted by Gasteiger charge is 2.31. The Labute approximate surface area is 145 Å². The summed E-state index contributed by atoms with van der Waals surface area (Å²) in [7, 11) is 0. The van der Waals surface area contributed by atoms with Crippen molar-refractivity contribution in [3.63, 3.8) is 0 Å². The number of hydrogen-bond acceptors (Lipinski definition) is 2. The Morgan fingerprint density at radius 1 is 1.21 bits per heavy atom. The first kappa shape index (κ1) is 16.3. The zero-order valence-corrected chi connectivity index (χ0v) is 14.0. The Morgan fingerprint density at radius 3 is 2.67 bits per heavy atom. The maximum Gasteiger partial charge on any atom is 0.319 e. The van der Waals surface area contributed by atoms with Gasteiger partial charge in [-0.3, -0.25) is 4.79 Å². The van der Waals surface area contributed by atoms with E-state index in [0.29, 0.717) is 17.3 Å². The van der Waals surface area contributed by atoms with Gasteiger partial charge < -0.3 is 15.5 Å². The smallest absolute Gasteiger partial charge is 0.319 e. The topological polar surface area (TPSA) is 61.4 Å². The number of nitrogens with one attached hydrogen (secondary N) is 2. The van der Waals surface area contributed by atoms with Crippen molar-refractivity contribution in [1.29, 1.82) is 0 Å². The quantitative estimate of drug-likeness (QED) is 0.894. The monoisotopic (exact) mass is 343 g/mol. The van der Waals surface area contributed by atoms with E-state index in [1.165, 1.54) is 0 Å². The SMILES string of the molecule is Cc1ccc(NC(=O)N[C@H]2CC(=O)N(c3ccccc3)C2)cc1Cl. The van der Waals surface area contributed by atoms with E-state index in [2.05, 4.69) is 10.6 Å². The summed E-state index contributed by atoms with van der Waals surface area (Å²) >= 11 is 6.05.